The molecule has 0 saturated heterocycles. The number of allylic oxidation sites excluding steroid dienone is 1. The molecule has 0 saturated carbocycles. The number of carbonyl (C=O) groups is 1. The van der Waals surface area contributed by atoms with Crippen molar-refractivity contribution in [2.45, 2.75) is 0 Å². The van der Waals surface area contributed by atoms with E-state index in [0.717, 1.165) is 5.56 Å². The third-order valence-electron chi connectivity index (χ3n) is 1.82. The second kappa shape index (κ2) is 6.26. The normalized spacial score (nSPS) is 9.94. The van der Waals surface area contributed by atoms with Crippen molar-refractivity contribution in [1.29, 1.82) is 0 Å². The Morgan fingerprint density at radius 3 is 2.62 bits per heavy atom. The molecule has 0 bridgehead atoms. The first kappa shape index (κ1) is 11.8. The summed E-state index contributed by atoms with van der Waals surface area (Å²) in [6, 6.07) is 9.46. The molecule has 0 spiro atoms. The number of carbonyl (C=O) groups excluding carboxylic acids is 1. The average Bonchev–Trinajstić information content (AvgIpc) is 2.34. The molecule has 0 N–H and O–H groups in total. The second-order valence-electron chi connectivity index (χ2n) is 2.93. The molecule has 0 aromatic heterocycles. The van der Waals surface area contributed by atoms with E-state index in [2.05, 4.69) is 23.2 Å². The van der Waals surface area contributed by atoms with Gasteiger partial charge in [0.2, 0.25) is 0 Å². The first-order chi connectivity index (χ1) is 7.77. The van der Waals surface area contributed by atoms with E-state index in [0.29, 0.717) is 5.57 Å². The molecule has 0 amide bonds. The van der Waals surface area contributed by atoms with Crippen LogP contribution in [0.5, 0.6) is 0 Å². The highest BCUT2D eigenvalue weighted by Crippen LogP contribution is 2.07. The Kier molecular flexibility index (Phi) is 4.62. The molecule has 0 fully saturated rings. The zero-order chi connectivity index (χ0) is 11.8. The Labute approximate surface area is 95.2 Å². The fourth-order valence-electron chi connectivity index (χ4n) is 1.10. The van der Waals surface area contributed by atoms with Crippen molar-refractivity contribution in [3.05, 3.63) is 54.1 Å². The highest BCUT2D eigenvalue weighted by atomic mass is 16.5. The first-order valence-corrected chi connectivity index (χ1v) is 4.75. The van der Waals surface area contributed by atoms with E-state index in [9.17, 15) is 4.79 Å². The highest BCUT2D eigenvalue weighted by molar-refractivity contribution is 5.98. The van der Waals surface area contributed by atoms with Gasteiger partial charge in [0.1, 0.15) is 5.57 Å². The van der Waals surface area contributed by atoms with Gasteiger partial charge < -0.3 is 4.74 Å². The Balaban J connectivity index is 3.06. The lowest BCUT2D eigenvalue weighted by atomic mass is 10.1. The van der Waals surface area contributed by atoms with E-state index >= 15 is 0 Å². The third kappa shape index (κ3) is 3.47. The van der Waals surface area contributed by atoms with Crippen molar-refractivity contribution in [3.63, 3.8) is 0 Å². The van der Waals surface area contributed by atoms with E-state index in [4.69, 9.17) is 0 Å². The van der Waals surface area contributed by atoms with Crippen molar-refractivity contribution in [3.8, 4) is 11.8 Å². The maximum absolute atomic E-state index is 11.4. The molecule has 2 nitrogen and oxygen atoms in total. The van der Waals surface area contributed by atoms with Crippen molar-refractivity contribution in [2.75, 3.05) is 7.11 Å². The summed E-state index contributed by atoms with van der Waals surface area (Å²) in [5, 5.41) is 0. The summed E-state index contributed by atoms with van der Waals surface area (Å²) in [6.45, 7) is 3.47. The second-order valence-corrected chi connectivity index (χ2v) is 2.93. The third-order valence-corrected chi connectivity index (χ3v) is 1.82. The summed E-state index contributed by atoms with van der Waals surface area (Å²) in [6.07, 6.45) is 3.12. The van der Waals surface area contributed by atoms with E-state index < -0.39 is 5.97 Å². The largest absolute Gasteiger partial charge is 0.465 e. The van der Waals surface area contributed by atoms with Crippen LogP contribution in [0, 0.1) is 11.8 Å². The van der Waals surface area contributed by atoms with Crippen LogP contribution < -0.4 is 0 Å². The van der Waals surface area contributed by atoms with Gasteiger partial charge in [-0.1, -0.05) is 48.8 Å². The molecule has 1 aromatic carbocycles. The molecule has 2 heteroatoms. The van der Waals surface area contributed by atoms with Gasteiger partial charge in [-0.2, -0.15) is 0 Å². The smallest absolute Gasteiger partial charge is 0.346 e. The SMILES string of the molecule is C=CC#C/C(=C\c1ccccc1)C(=O)OC. The number of ether oxygens (including phenoxy) is 1. The summed E-state index contributed by atoms with van der Waals surface area (Å²) in [5.41, 5.74) is 1.22. The van der Waals surface area contributed by atoms with E-state index in [-0.39, 0.29) is 0 Å². The fraction of sp³-hybridized carbons (Fsp3) is 0.0714. The highest BCUT2D eigenvalue weighted by Gasteiger charge is 2.05. The maximum Gasteiger partial charge on any atom is 0.346 e. The lowest BCUT2D eigenvalue weighted by Gasteiger charge is -1.97. The van der Waals surface area contributed by atoms with Gasteiger partial charge in [0.05, 0.1) is 7.11 Å². The summed E-state index contributed by atoms with van der Waals surface area (Å²) >= 11 is 0. The number of hydrogen-bond acceptors (Lipinski definition) is 2. The molecular formula is C14H12O2. The Bertz CT molecular complexity index is 459. The molecule has 80 valence electrons. The van der Waals surface area contributed by atoms with Gasteiger partial charge in [0, 0.05) is 0 Å². The van der Waals surface area contributed by atoms with Gasteiger partial charge >= 0.3 is 5.97 Å². The Hall–Kier alpha value is -2.27. The van der Waals surface area contributed by atoms with Gasteiger partial charge in [0.25, 0.3) is 0 Å². The molecule has 0 radical (unpaired) electrons. The Morgan fingerprint density at radius 1 is 1.38 bits per heavy atom. The van der Waals surface area contributed by atoms with Crippen LogP contribution in [0.25, 0.3) is 6.08 Å². The average molecular weight is 212 g/mol. The van der Waals surface area contributed by atoms with Crippen molar-refractivity contribution in [2.24, 2.45) is 0 Å². The molecule has 0 unspecified atom stereocenters. The van der Waals surface area contributed by atoms with Crippen LogP contribution in [0.4, 0.5) is 0 Å². The van der Waals surface area contributed by atoms with E-state index in [1.807, 2.05) is 30.3 Å². The molecule has 0 aliphatic heterocycles. The van der Waals surface area contributed by atoms with Crippen LogP contribution in [0.3, 0.4) is 0 Å². The van der Waals surface area contributed by atoms with Crippen LogP contribution in [-0.2, 0) is 9.53 Å². The summed E-state index contributed by atoms with van der Waals surface area (Å²) < 4.78 is 4.64. The van der Waals surface area contributed by atoms with Crippen LogP contribution in [0.1, 0.15) is 5.56 Å². The lowest BCUT2D eigenvalue weighted by molar-refractivity contribution is -0.135. The zero-order valence-corrected chi connectivity index (χ0v) is 9.07. The molecule has 1 aromatic rings. The van der Waals surface area contributed by atoms with Crippen molar-refractivity contribution in [1.82, 2.24) is 0 Å². The minimum atomic E-state index is -0.446. The number of esters is 1. The predicted molar refractivity (Wildman–Crippen MR) is 64.4 cm³/mol. The minimum absolute atomic E-state index is 0.314. The van der Waals surface area contributed by atoms with Crippen molar-refractivity contribution >= 4 is 12.0 Å². The van der Waals surface area contributed by atoms with Gasteiger partial charge in [-0.25, -0.2) is 4.79 Å². The van der Waals surface area contributed by atoms with Gasteiger partial charge in [-0.3, -0.25) is 0 Å². The van der Waals surface area contributed by atoms with E-state index in [1.54, 1.807) is 6.08 Å². The standard InChI is InChI=1S/C14H12O2/c1-3-4-10-13(14(15)16-2)11-12-8-6-5-7-9-12/h3,5-9,11H,1H2,2H3/b13-11+. The summed E-state index contributed by atoms with van der Waals surface area (Å²) in [4.78, 5) is 11.4. The van der Waals surface area contributed by atoms with Gasteiger partial charge in [-0.15, -0.1) is 0 Å². The summed E-state index contributed by atoms with van der Waals surface area (Å²) in [7, 11) is 1.33. The van der Waals surface area contributed by atoms with Crippen LogP contribution in [0.2, 0.25) is 0 Å². The number of benzene rings is 1. The van der Waals surface area contributed by atoms with Crippen LogP contribution in [0.15, 0.2) is 48.6 Å². The monoisotopic (exact) mass is 212 g/mol. The molecule has 1 rings (SSSR count). The molecular weight excluding hydrogens is 200 g/mol. The molecule has 0 heterocycles. The molecule has 0 aliphatic carbocycles. The first-order valence-electron chi connectivity index (χ1n) is 4.75. The van der Waals surface area contributed by atoms with Crippen LogP contribution in [-0.4, -0.2) is 13.1 Å². The van der Waals surface area contributed by atoms with Crippen molar-refractivity contribution < 1.29 is 9.53 Å². The summed E-state index contributed by atoms with van der Waals surface area (Å²) in [5.74, 6) is 4.87. The zero-order valence-electron chi connectivity index (χ0n) is 9.07. The predicted octanol–water partition coefficient (Wildman–Crippen LogP) is 2.43. The number of methoxy groups -OCH3 is 1. The topological polar surface area (TPSA) is 26.3 Å². The quantitative estimate of drug-likeness (QED) is 0.427. The van der Waals surface area contributed by atoms with Gasteiger partial charge in [-0.05, 0) is 17.7 Å². The Morgan fingerprint density at radius 2 is 2.06 bits per heavy atom. The molecule has 0 atom stereocenters. The fourth-order valence-corrected chi connectivity index (χ4v) is 1.10. The van der Waals surface area contributed by atoms with Gasteiger partial charge in [0.15, 0.2) is 0 Å². The minimum Gasteiger partial charge on any atom is -0.465 e. The van der Waals surface area contributed by atoms with Crippen LogP contribution >= 0.6 is 0 Å². The lowest BCUT2D eigenvalue weighted by Crippen LogP contribution is -2.02. The maximum atomic E-state index is 11.4. The number of rotatable bonds is 2. The van der Waals surface area contributed by atoms with E-state index in [1.165, 1.54) is 13.2 Å². The number of hydrogen-bond donors (Lipinski definition) is 0. The molecule has 16 heavy (non-hydrogen) atoms. The molecule has 0 aliphatic rings.